The van der Waals surface area contributed by atoms with E-state index < -0.39 is 0 Å². The van der Waals surface area contributed by atoms with Gasteiger partial charge in [0.05, 0.1) is 33.1 Å². The van der Waals surface area contributed by atoms with Crippen LogP contribution < -0.4 is 9.47 Å². The Kier molecular flexibility index (Phi) is 7.18. The minimum absolute atomic E-state index is 0.239. The van der Waals surface area contributed by atoms with Gasteiger partial charge in [0.2, 0.25) is 5.88 Å². The van der Waals surface area contributed by atoms with Gasteiger partial charge in [-0.15, -0.1) is 0 Å². The number of ether oxygens (including phenoxy) is 3. The molecule has 1 aliphatic rings. The lowest BCUT2D eigenvalue weighted by molar-refractivity contribution is 0.211. The summed E-state index contributed by atoms with van der Waals surface area (Å²) in [5, 5.41) is 0.400. The molecular weight excluding hydrogens is 330 g/mol. The van der Waals surface area contributed by atoms with Crippen LogP contribution >= 0.6 is 11.6 Å². The largest absolute Gasteiger partial charge is 0.494 e. The first kappa shape index (κ1) is 18.4. The van der Waals surface area contributed by atoms with Crippen molar-refractivity contribution in [2.24, 2.45) is 0 Å². The molecule has 0 N–H and O–H groups in total. The number of halogens is 1. The number of rotatable bonds is 9. The summed E-state index contributed by atoms with van der Waals surface area (Å²) in [5.74, 6) is 1.22. The van der Waals surface area contributed by atoms with Crippen molar-refractivity contribution in [3.63, 3.8) is 0 Å². The molecule has 2 heterocycles. The van der Waals surface area contributed by atoms with Crippen molar-refractivity contribution in [2.45, 2.75) is 32.7 Å². The highest BCUT2D eigenvalue weighted by Crippen LogP contribution is 2.28. The normalized spacial score (nSPS) is 13.7. The van der Waals surface area contributed by atoms with E-state index in [0.29, 0.717) is 23.1 Å². The molecule has 0 atom stereocenters. The predicted molar refractivity (Wildman–Crippen MR) is 93.3 cm³/mol. The Morgan fingerprint density at radius 2 is 2.04 bits per heavy atom. The molecule has 6 nitrogen and oxygen atoms in total. The zero-order valence-corrected chi connectivity index (χ0v) is 15.2. The lowest BCUT2D eigenvalue weighted by Gasteiger charge is -2.23. The Labute approximate surface area is 148 Å². The molecule has 0 saturated carbocycles. The number of hydrogen-bond acceptors (Lipinski definition) is 6. The predicted octanol–water partition coefficient (Wildman–Crippen LogP) is 3.57. The molecule has 24 heavy (non-hydrogen) atoms. The molecule has 1 aromatic heterocycles. The van der Waals surface area contributed by atoms with Crippen LogP contribution in [0, 0.1) is 0 Å². The number of aromatic nitrogens is 2. The van der Waals surface area contributed by atoms with Gasteiger partial charge in [0.1, 0.15) is 10.8 Å². The van der Waals surface area contributed by atoms with Gasteiger partial charge in [-0.05, 0) is 18.6 Å². The smallest absolute Gasteiger partial charge is 0.319 e. The lowest BCUT2D eigenvalue weighted by atomic mass is 10.2. The molecule has 0 amide bonds. The zero-order chi connectivity index (χ0) is 17.4. The molecule has 1 aliphatic heterocycles. The molecule has 2 rings (SSSR count). The Hall–Kier alpha value is -1.95. The van der Waals surface area contributed by atoms with Crippen molar-refractivity contribution in [1.29, 1.82) is 0 Å². The van der Waals surface area contributed by atoms with Gasteiger partial charge in [0, 0.05) is 12.7 Å². The molecule has 0 aliphatic carbocycles. The van der Waals surface area contributed by atoms with Crippen LogP contribution in [0.1, 0.15) is 31.9 Å². The molecule has 0 aromatic carbocycles. The second-order valence-electron chi connectivity index (χ2n) is 5.39. The number of allylic oxidation sites excluding steroid dienone is 1. The van der Waals surface area contributed by atoms with Crippen molar-refractivity contribution < 1.29 is 14.2 Å². The van der Waals surface area contributed by atoms with E-state index in [4.69, 9.17) is 25.8 Å². The van der Waals surface area contributed by atoms with Crippen LogP contribution in [0.4, 0.5) is 0 Å². The third-order valence-corrected chi connectivity index (χ3v) is 3.97. The first-order valence-corrected chi connectivity index (χ1v) is 8.45. The molecule has 7 heteroatoms. The van der Waals surface area contributed by atoms with Gasteiger partial charge in [0.15, 0.2) is 0 Å². The SMILES string of the molecule is CCCCCOC1=CCN(Cc2nc(OC)nc(OC)c2Cl)C=C1. The maximum absolute atomic E-state index is 6.29. The summed E-state index contributed by atoms with van der Waals surface area (Å²) in [7, 11) is 3.03. The molecule has 0 radical (unpaired) electrons. The second kappa shape index (κ2) is 9.37. The molecule has 1 aromatic rings. The van der Waals surface area contributed by atoms with E-state index >= 15 is 0 Å². The number of methoxy groups -OCH3 is 2. The summed E-state index contributed by atoms with van der Waals surface area (Å²) in [6, 6.07) is 0.239. The summed E-state index contributed by atoms with van der Waals surface area (Å²) in [6.07, 6.45) is 9.46. The highest BCUT2D eigenvalue weighted by molar-refractivity contribution is 6.32. The molecule has 132 valence electrons. The van der Waals surface area contributed by atoms with E-state index in [0.717, 1.165) is 25.3 Å². The van der Waals surface area contributed by atoms with Crippen molar-refractivity contribution in [3.8, 4) is 11.9 Å². The van der Waals surface area contributed by atoms with Crippen LogP contribution in [0.25, 0.3) is 0 Å². The maximum atomic E-state index is 6.29. The topological polar surface area (TPSA) is 56.7 Å². The number of nitrogens with zero attached hydrogens (tertiary/aromatic N) is 3. The van der Waals surface area contributed by atoms with E-state index in [1.54, 1.807) is 0 Å². The quantitative estimate of drug-likeness (QED) is 0.632. The maximum Gasteiger partial charge on any atom is 0.319 e. The minimum Gasteiger partial charge on any atom is -0.494 e. The van der Waals surface area contributed by atoms with Crippen LogP contribution in [0.5, 0.6) is 11.9 Å². The van der Waals surface area contributed by atoms with Gasteiger partial charge in [-0.3, -0.25) is 0 Å². The van der Waals surface area contributed by atoms with Crippen LogP contribution in [0.2, 0.25) is 5.02 Å². The molecule has 0 spiro atoms. The van der Waals surface area contributed by atoms with E-state index in [-0.39, 0.29) is 6.01 Å². The fraction of sp³-hybridized carbons (Fsp3) is 0.529. The lowest BCUT2D eigenvalue weighted by Crippen LogP contribution is -2.21. The van der Waals surface area contributed by atoms with Crippen molar-refractivity contribution in [1.82, 2.24) is 14.9 Å². The average molecular weight is 354 g/mol. The summed E-state index contributed by atoms with van der Waals surface area (Å²) in [4.78, 5) is 10.5. The third-order valence-electron chi connectivity index (χ3n) is 3.59. The Morgan fingerprint density at radius 3 is 2.67 bits per heavy atom. The van der Waals surface area contributed by atoms with Crippen LogP contribution in [-0.4, -0.2) is 42.2 Å². The van der Waals surface area contributed by atoms with Gasteiger partial charge < -0.3 is 19.1 Å². The molecule has 0 saturated heterocycles. The zero-order valence-electron chi connectivity index (χ0n) is 14.4. The van der Waals surface area contributed by atoms with Crippen LogP contribution in [-0.2, 0) is 11.3 Å². The van der Waals surface area contributed by atoms with Crippen LogP contribution in [0.3, 0.4) is 0 Å². The number of hydrogen-bond donors (Lipinski definition) is 0. The van der Waals surface area contributed by atoms with Gasteiger partial charge in [0.25, 0.3) is 0 Å². The van der Waals surface area contributed by atoms with Crippen LogP contribution in [0.15, 0.2) is 24.1 Å². The Morgan fingerprint density at radius 1 is 1.21 bits per heavy atom. The third kappa shape index (κ3) is 5.03. The molecule has 0 bridgehead atoms. The summed E-state index contributed by atoms with van der Waals surface area (Å²) in [5.41, 5.74) is 0.658. The van der Waals surface area contributed by atoms with Crippen molar-refractivity contribution >= 4 is 11.6 Å². The summed E-state index contributed by atoms with van der Waals surface area (Å²) in [6.45, 7) is 4.20. The fourth-order valence-electron chi connectivity index (χ4n) is 2.25. The van der Waals surface area contributed by atoms with Crippen molar-refractivity contribution in [3.05, 3.63) is 34.8 Å². The van der Waals surface area contributed by atoms with Gasteiger partial charge in [-0.2, -0.15) is 9.97 Å². The standard InChI is InChI=1S/C17H24ClN3O3/c1-4-5-6-11-24-13-7-9-21(10-8-13)12-14-15(18)16(22-2)20-17(19-14)23-3/h7-9H,4-6,10-12H2,1-3H3. The molecule has 0 unspecified atom stereocenters. The number of unbranched alkanes of at least 4 members (excludes halogenated alkanes) is 2. The Balaban J connectivity index is 1.94. The minimum atomic E-state index is 0.239. The van der Waals surface area contributed by atoms with Gasteiger partial charge in [-0.1, -0.05) is 31.4 Å². The van der Waals surface area contributed by atoms with E-state index in [9.17, 15) is 0 Å². The summed E-state index contributed by atoms with van der Waals surface area (Å²) >= 11 is 6.29. The fourth-order valence-corrected chi connectivity index (χ4v) is 2.48. The Bertz CT molecular complexity index is 605. The van der Waals surface area contributed by atoms with E-state index in [1.165, 1.54) is 27.1 Å². The molecule has 0 fully saturated rings. The van der Waals surface area contributed by atoms with Gasteiger partial charge >= 0.3 is 6.01 Å². The van der Waals surface area contributed by atoms with Gasteiger partial charge in [-0.25, -0.2) is 0 Å². The average Bonchev–Trinajstić information content (AvgIpc) is 2.61. The second-order valence-corrected chi connectivity index (χ2v) is 5.77. The van der Waals surface area contributed by atoms with Crippen molar-refractivity contribution in [2.75, 3.05) is 27.4 Å². The summed E-state index contributed by atoms with van der Waals surface area (Å²) < 4.78 is 16.0. The first-order chi connectivity index (χ1) is 11.7. The molecular formula is C17H24ClN3O3. The van der Waals surface area contributed by atoms with E-state index in [2.05, 4.69) is 27.9 Å². The van der Waals surface area contributed by atoms with E-state index in [1.807, 2.05) is 12.3 Å². The highest BCUT2D eigenvalue weighted by Gasteiger charge is 2.16. The first-order valence-electron chi connectivity index (χ1n) is 8.07. The monoisotopic (exact) mass is 353 g/mol. The highest BCUT2D eigenvalue weighted by atomic mass is 35.5.